The summed E-state index contributed by atoms with van der Waals surface area (Å²) in [6.07, 6.45) is 3.41. The van der Waals surface area contributed by atoms with Gasteiger partial charge in [-0.05, 0) is 18.6 Å². The normalized spacial score (nSPS) is 16.3. The van der Waals surface area contributed by atoms with E-state index in [0.717, 1.165) is 0 Å². The number of nitrogens with zero attached hydrogens (tertiary/aromatic N) is 4. The van der Waals surface area contributed by atoms with Crippen LogP contribution in [0.4, 0.5) is 0 Å². The number of benzene rings is 1. The number of ether oxygens (including phenoxy) is 1. The van der Waals surface area contributed by atoms with E-state index < -0.39 is 10.0 Å². The molecule has 1 saturated heterocycles. The molecule has 9 heteroatoms. The van der Waals surface area contributed by atoms with Crippen molar-refractivity contribution in [1.29, 1.82) is 0 Å². The number of sulfonamides is 1. The van der Waals surface area contributed by atoms with Gasteiger partial charge in [0.25, 0.3) is 5.91 Å². The van der Waals surface area contributed by atoms with E-state index in [1.807, 2.05) is 18.2 Å². The Bertz CT molecular complexity index is 851. The summed E-state index contributed by atoms with van der Waals surface area (Å²) < 4.78 is 33.7. The average molecular weight is 378 g/mol. The van der Waals surface area contributed by atoms with E-state index in [2.05, 4.69) is 5.10 Å². The van der Waals surface area contributed by atoms with Gasteiger partial charge >= 0.3 is 0 Å². The summed E-state index contributed by atoms with van der Waals surface area (Å²) in [5, 5.41) is 3.93. The van der Waals surface area contributed by atoms with Crippen molar-refractivity contribution in [1.82, 2.24) is 19.0 Å². The topological polar surface area (TPSA) is 84.7 Å². The summed E-state index contributed by atoms with van der Waals surface area (Å²) in [4.78, 5) is 14.2. The highest BCUT2D eigenvalue weighted by molar-refractivity contribution is 7.89. The standard InChI is InChI=1S/C17H22N4O4S/c1-19-13-16(12-18-19)26(23,24)21-9-5-8-20(10-11-21)17(22)14-25-15-6-3-2-4-7-15/h2-4,6-7,12-13H,5,8-11,14H2,1H3. The maximum absolute atomic E-state index is 12.7. The van der Waals surface area contributed by atoms with E-state index in [1.165, 1.54) is 21.4 Å². The molecule has 26 heavy (non-hydrogen) atoms. The minimum atomic E-state index is -3.59. The molecule has 3 rings (SSSR count). The molecule has 8 nitrogen and oxygen atoms in total. The van der Waals surface area contributed by atoms with E-state index in [4.69, 9.17) is 4.74 Å². The Balaban J connectivity index is 1.58. The highest BCUT2D eigenvalue weighted by Gasteiger charge is 2.29. The Labute approximate surface area is 153 Å². The number of hydrogen-bond donors (Lipinski definition) is 0. The third kappa shape index (κ3) is 4.23. The van der Waals surface area contributed by atoms with Crippen molar-refractivity contribution in [3.05, 3.63) is 42.7 Å². The fourth-order valence-electron chi connectivity index (χ4n) is 2.82. The first-order valence-electron chi connectivity index (χ1n) is 8.41. The van der Waals surface area contributed by atoms with Gasteiger partial charge in [0.05, 0.1) is 6.20 Å². The Kier molecular flexibility index (Phi) is 5.58. The van der Waals surface area contributed by atoms with Crippen LogP contribution in [0.2, 0.25) is 0 Å². The SMILES string of the molecule is Cn1cc(S(=O)(=O)N2CCCN(C(=O)COc3ccccc3)CC2)cn1. The van der Waals surface area contributed by atoms with Crippen LogP contribution in [0.15, 0.2) is 47.6 Å². The number of amides is 1. The third-order valence-electron chi connectivity index (χ3n) is 4.23. The zero-order valence-corrected chi connectivity index (χ0v) is 15.4. The predicted molar refractivity (Wildman–Crippen MR) is 95.1 cm³/mol. The first-order valence-corrected chi connectivity index (χ1v) is 9.85. The number of aryl methyl sites for hydroxylation is 1. The van der Waals surface area contributed by atoms with Gasteiger partial charge in [-0.3, -0.25) is 9.48 Å². The second kappa shape index (κ2) is 7.88. The lowest BCUT2D eigenvalue weighted by Crippen LogP contribution is -2.39. The molecule has 0 bridgehead atoms. The van der Waals surface area contributed by atoms with Crippen LogP contribution in [0.3, 0.4) is 0 Å². The van der Waals surface area contributed by atoms with Crippen LogP contribution in [0.5, 0.6) is 5.75 Å². The third-order valence-corrected chi connectivity index (χ3v) is 6.08. The van der Waals surface area contributed by atoms with Crippen LogP contribution in [-0.4, -0.2) is 66.1 Å². The average Bonchev–Trinajstić information content (AvgIpc) is 2.93. The van der Waals surface area contributed by atoms with Crippen LogP contribution < -0.4 is 4.74 Å². The van der Waals surface area contributed by atoms with Crippen molar-refractivity contribution < 1.29 is 17.9 Å². The molecule has 1 aliphatic heterocycles. The molecule has 1 amide bonds. The lowest BCUT2D eigenvalue weighted by atomic mass is 10.3. The highest BCUT2D eigenvalue weighted by Crippen LogP contribution is 2.17. The number of aromatic nitrogens is 2. The highest BCUT2D eigenvalue weighted by atomic mass is 32.2. The van der Waals surface area contributed by atoms with E-state index in [0.29, 0.717) is 31.8 Å². The molecule has 2 heterocycles. The van der Waals surface area contributed by atoms with E-state index >= 15 is 0 Å². The molecule has 0 aliphatic carbocycles. The smallest absolute Gasteiger partial charge is 0.260 e. The monoisotopic (exact) mass is 378 g/mol. The van der Waals surface area contributed by atoms with Gasteiger partial charge in [-0.2, -0.15) is 9.40 Å². The lowest BCUT2D eigenvalue weighted by molar-refractivity contribution is -0.133. The van der Waals surface area contributed by atoms with Crippen LogP contribution in [0.1, 0.15) is 6.42 Å². The fourth-order valence-corrected chi connectivity index (χ4v) is 4.27. The molecule has 1 fully saturated rings. The second-order valence-corrected chi connectivity index (χ2v) is 8.03. The minimum Gasteiger partial charge on any atom is -0.484 e. The Morgan fingerprint density at radius 1 is 1.15 bits per heavy atom. The largest absolute Gasteiger partial charge is 0.484 e. The summed E-state index contributed by atoms with van der Waals surface area (Å²) in [5.41, 5.74) is 0. The molecule has 1 aromatic heterocycles. The van der Waals surface area contributed by atoms with Gasteiger partial charge in [0.15, 0.2) is 6.61 Å². The Morgan fingerprint density at radius 2 is 1.92 bits per heavy atom. The van der Waals surface area contributed by atoms with Gasteiger partial charge in [0.2, 0.25) is 10.0 Å². The van der Waals surface area contributed by atoms with E-state index in [-0.39, 0.29) is 24.0 Å². The van der Waals surface area contributed by atoms with Crippen molar-refractivity contribution in [3.63, 3.8) is 0 Å². The van der Waals surface area contributed by atoms with Gasteiger partial charge in [-0.15, -0.1) is 0 Å². The molecule has 0 unspecified atom stereocenters. The molecule has 0 radical (unpaired) electrons. The molecule has 1 aromatic carbocycles. The molecule has 0 saturated carbocycles. The van der Waals surface area contributed by atoms with Gasteiger partial charge in [0.1, 0.15) is 10.6 Å². The molecule has 140 valence electrons. The Hall–Kier alpha value is -2.39. The summed E-state index contributed by atoms with van der Waals surface area (Å²) in [6.45, 7) is 1.43. The molecule has 0 spiro atoms. The van der Waals surface area contributed by atoms with Gasteiger partial charge in [-0.1, -0.05) is 18.2 Å². The van der Waals surface area contributed by atoms with Gasteiger partial charge in [-0.25, -0.2) is 8.42 Å². The summed E-state index contributed by atoms with van der Waals surface area (Å²) in [7, 11) is -1.91. The van der Waals surface area contributed by atoms with Crippen LogP contribution in [-0.2, 0) is 21.9 Å². The van der Waals surface area contributed by atoms with Crippen molar-refractivity contribution >= 4 is 15.9 Å². The van der Waals surface area contributed by atoms with Crippen molar-refractivity contribution in [2.45, 2.75) is 11.3 Å². The quantitative estimate of drug-likeness (QED) is 0.766. The lowest BCUT2D eigenvalue weighted by Gasteiger charge is -2.21. The molecule has 0 atom stereocenters. The number of rotatable bonds is 5. The molecular weight excluding hydrogens is 356 g/mol. The van der Waals surface area contributed by atoms with Crippen LogP contribution >= 0.6 is 0 Å². The summed E-state index contributed by atoms with van der Waals surface area (Å²) >= 11 is 0. The van der Waals surface area contributed by atoms with Crippen LogP contribution in [0, 0.1) is 0 Å². The van der Waals surface area contributed by atoms with Crippen molar-refractivity contribution in [2.75, 3.05) is 32.8 Å². The number of carbonyl (C=O) groups is 1. The van der Waals surface area contributed by atoms with E-state index in [1.54, 1.807) is 24.1 Å². The van der Waals surface area contributed by atoms with Crippen molar-refractivity contribution in [3.8, 4) is 5.75 Å². The first-order chi connectivity index (χ1) is 12.5. The molecule has 0 N–H and O–H groups in total. The summed E-state index contributed by atoms with van der Waals surface area (Å²) in [6, 6.07) is 9.14. The minimum absolute atomic E-state index is 0.0562. The zero-order chi connectivity index (χ0) is 18.6. The summed E-state index contributed by atoms with van der Waals surface area (Å²) in [5.74, 6) is 0.492. The fraction of sp³-hybridized carbons (Fsp3) is 0.412. The molecular formula is C17H22N4O4S. The van der Waals surface area contributed by atoms with Gasteiger partial charge in [0, 0.05) is 39.4 Å². The maximum atomic E-state index is 12.7. The zero-order valence-electron chi connectivity index (χ0n) is 14.6. The number of para-hydroxylation sites is 1. The van der Waals surface area contributed by atoms with Gasteiger partial charge < -0.3 is 9.64 Å². The van der Waals surface area contributed by atoms with Crippen LogP contribution in [0.25, 0.3) is 0 Å². The molecule has 2 aromatic rings. The predicted octanol–water partition coefficient (Wildman–Crippen LogP) is 0.722. The second-order valence-electron chi connectivity index (χ2n) is 6.09. The maximum Gasteiger partial charge on any atom is 0.260 e. The van der Waals surface area contributed by atoms with Crippen molar-refractivity contribution in [2.24, 2.45) is 7.05 Å². The Morgan fingerprint density at radius 3 is 2.62 bits per heavy atom. The van der Waals surface area contributed by atoms with E-state index in [9.17, 15) is 13.2 Å². The number of hydrogen-bond acceptors (Lipinski definition) is 5. The molecule has 1 aliphatic rings. The first kappa shape index (κ1) is 18.4. The number of carbonyl (C=O) groups excluding carboxylic acids is 1.